The van der Waals surface area contributed by atoms with Crippen LogP contribution in [0.25, 0.3) is 0 Å². The Morgan fingerprint density at radius 2 is 2.43 bits per heavy atom. The molecule has 0 aliphatic rings. The van der Waals surface area contributed by atoms with Gasteiger partial charge in [0.2, 0.25) is 5.91 Å². The minimum Gasteiger partial charge on any atom is -0.370 e. The maximum atomic E-state index is 9.88. The average Bonchev–Trinajstić information content (AvgIpc) is 1.61. The van der Waals surface area contributed by atoms with Crippen LogP contribution in [0.15, 0.2) is 0 Å². The first-order valence-electron chi connectivity index (χ1n) is 1.99. The van der Waals surface area contributed by atoms with Crippen molar-refractivity contribution < 1.29 is 4.79 Å². The number of primary amides is 1. The van der Waals surface area contributed by atoms with Crippen molar-refractivity contribution in [3.05, 3.63) is 0 Å². The fraction of sp³-hybridized carbons (Fsp3) is 0.400. The second-order valence-corrected chi connectivity index (χ2v) is 1.17. The van der Waals surface area contributed by atoms with Crippen molar-refractivity contribution in [3.8, 4) is 12.3 Å². The highest BCUT2D eigenvalue weighted by Crippen LogP contribution is 1.80. The Morgan fingerprint density at radius 3 is 2.57 bits per heavy atom. The Kier molecular flexibility index (Phi) is 2.78. The van der Waals surface area contributed by atoms with Crippen LogP contribution in [0.5, 0.6) is 0 Å². The zero-order chi connectivity index (χ0) is 5.70. The highest BCUT2D eigenvalue weighted by Gasteiger charge is 1.86. The maximum Gasteiger partial charge on any atom is 0.218 e. The summed E-state index contributed by atoms with van der Waals surface area (Å²) in [5.74, 6) is 1.96. The van der Waals surface area contributed by atoms with Crippen LogP contribution < -0.4 is 5.73 Å². The van der Waals surface area contributed by atoms with Crippen LogP contribution in [0.4, 0.5) is 0 Å². The first-order valence-corrected chi connectivity index (χ1v) is 1.99. The number of amides is 1. The molecule has 2 nitrogen and oxygen atoms in total. The van der Waals surface area contributed by atoms with Crippen molar-refractivity contribution in [2.45, 2.75) is 12.8 Å². The third kappa shape index (κ3) is 5.03. The summed E-state index contributed by atoms with van der Waals surface area (Å²) >= 11 is 0. The van der Waals surface area contributed by atoms with E-state index in [0.717, 1.165) is 0 Å². The van der Waals surface area contributed by atoms with Crippen LogP contribution in [-0.2, 0) is 4.79 Å². The van der Waals surface area contributed by atoms with Gasteiger partial charge in [0.25, 0.3) is 0 Å². The van der Waals surface area contributed by atoms with E-state index in [1.165, 1.54) is 0 Å². The van der Waals surface area contributed by atoms with Crippen LogP contribution in [0.1, 0.15) is 12.8 Å². The van der Waals surface area contributed by atoms with Crippen molar-refractivity contribution in [2.24, 2.45) is 5.73 Å². The summed E-state index contributed by atoms with van der Waals surface area (Å²) in [6, 6.07) is 0. The largest absolute Gasteiger partial charge is 0.370 e. The van der Waals surface area contributed by atoms with Crippen molar-refractivity contribution in [2.75, 3.05) is 0 Å². The summed E-state index contributed by atoms with van der Waals surface area (Å²) in [5, 5.41) is 0. The van der Waals surface area contributed by atoms with E-state index in [2.05, 4.69) is 5.92 Å². The second kappa shape index (κ2) is 3.23. The van der Waals surface area contributed by atoms with Crippen LogP contribution in [0, 0.1) is 12.3 Å². The van der Waals surface area contributed by atoms with Crippen LogP contribution >= 0.6 is 0 Å². The monoisotopic (exact) mass is 97.1 g/mol. The Balaban J connectivity index is 3.02. The first-order chi connectivity index (χ1) is 3.27. The van der Waals surface area contributed by atoms with Gasteiger partial charge in [-0.25, -0.2) is 0 Å². The minimum absolute atomic E-state index is 0.302. The SMILES string of the molecule is C#CCCC(N)=O. The van der Waals surface area contributed by atoms with E-state index < -0.39 is 0 Å². The van der Waals surface area contributed by atoms with E-state index in [9.17, 15) is 4.79 Å². The quantitative estimate of drug-likeness (QED) is 0.480. The van der Waals surface area contributed by atoms with Gasteiger partial charge < -0.3 is 5.73 Å². The van der Waals surface area contributed by atoms with Gasteiger partial charge >= 0.3 is 0 Å². The molecule has 0 saturated carbocycles. The molecule has 7 heavy (non-hydrogen) atoms. The normalized spacial score (nSPS) is 7.29. The molecule has 0 heterocycles. The predicted octanol–water partition coefficient (Wildman–Crippen LogP) is -0.115. The predicted molar refractivity (Wildman–Crippen MR) is 27.3 cm³/mol. The fourth-order valence-corrected chi connectivity index (χ4v) is 0.195. The van der Waals surface area contributed by atoms with E-state index >= 15 is 0 Å². The van der Waals surface area contributed by atoms with Crippen LogP contribution in [0.2, 0.25) is 0 Å². The summed E-state index contributed by atoms with van der Waals surface area (Å²) in [4.78, 5) is 9.88. The lowest BCUT2D eigenvalue weighted by Crippen LogP contribution is -2.08. The molecule has 0 rings (SSSR count). The Morgan fingerprint density at radius 1 is 1.86 bits per heavy atom. The van der Waals surface area contributed by atoms with E-state index in [0.29, 0.717) is 12.8 Å². The van der Waals surface area contributed by atoms with Gasteiger partial charge in [-0.3, -0.25) is 4.79 Å². The van der Waals surface area contributed by atoms with Gasteiger partial charge in [0.1, 0.15) is 0 Å². The highest BCUT2D eigenvalue weighted by molar-refractivity contribution is 5.73. The molecule has 0 aliphatic heterocycles. The number of nitrogens with two attached hydrogens (primary N) is 1. The molecule has 38 valence electrons. The standard InChI is InChI=1S/C5H7NO/c1-2-3-4-5(6)7/h1H,3-4H2,(H2,6,7). The first kappa shape index (κ1) is 6.03. The Bertz CT molecular complexity index is 101. The third-order valence-corrected chi connectivity index (χ3v) is 0.516. The topological polar surface area (TPSA) is 43.1 Å². The average molecular weight is 97.1 g/mol. The second-order valence-electron chi connectivity index (χ2n) is 1.17. The summed E-state index contributed by atoms with van der Waals surface area (Å²) in [7, 11) is 0. The third-order valence-electron chi connectivity index (χ3n) is 0.516. The lowest BCUT2D eigenvalue weighted by atomic mass is 10.3. The summed E-state index contributed by atoms with van der Waals surface area (Å²) in [6.45, 7) is 0. The van der Waals surface area contributed by atoms with Gasteiger partial charge in [-0.15, -0.1) is 12.3 Å². The van der Waals surface area contributed by atoms with E-state index in [-0.39, 0.29) is 5.91 Å². The van der Waals surface area contributed by atoms with Gasteiger partial charge in [0.15, 0.2) is 0 Å². The zero-order valence-electron chi connectivity index (χ0n) is 3.98. The number of carbonyl (C=O) groups is 1. The van der Waals surface area contributed by atoms with Crippen molar-refractivity contribution in [1.82, 2.24) is 0 Å². The molecule has 0 aliphatic carbocycles. The molecule has 0 spiro atoms. The molecule has 0 bridgehead atoms. The molecule has 0 saturated heterocycles. The molecular formula is C5H7NO. The van der Waals surface area contributed by atoms with E-state index in [1.807, 2.05) is 0 Å². The van der Waals surface area contributed by atoms with Crippen molar-refractivity contribution in [1.29, 1.82) is 0 Å². The number of hydrogen-bond donors (Lipinski definition) is 1. The molecule has 1 amide bonds. The summed E-state index contributed by atoms with van der Waals surface area (Å²) < 4.78 is 0. The lowest BCUT2D eigenvalue weighted by Gasteiger charge is -1.81. The Labute approximate surface area is 42.7 Å². The highest BCUT2D eigenvalue weighted by atomic mass is 16.1. The van der Waals surface area contributed by atoms with Gasteiger partial charge in [-0.2, -0.15) is 0 Å². The molecule has 0 unspecified atom stereocenters. The smallest absolute Gasteiger partial charge is 0.218 e. The van der Waals surface area contributed by atoms with Crippen molar-refractivity contribution in [3.63, 3.8) is 0 Å². The molecule has 0 atom stereocenters. The number of carbonyl (C=O) groups excluding carboxylic acids is 1. The molecular weight excluding hydrogens is 90.1 g/mol. The molecule has 2 N–H and O–H groups in total. The molecule has 2 heteroatoms. The molecule has 0 aromatic rings. The lowest BCUT2D eigenvalue weighted by molar-refractivity contribution is -0.117. The van der Waals surface area contributed by atoms with Gasteiger partial charge in [0, 0.05) is 12.8 Å². The van der Waals surface area contributed by atoms with Crippen molar-refractivity contribution >= 4 is 5.91 Å². The van der Waals surface area contributed by atoms with Crippen LogP contribution in [-0.4, -0.2) is 5.91 Å². The molecule has 0 aromatic carbocycles. The van der Waals surface area contributed by atoms with Gasteiger partial charge in [-0.1, -0.05) is 0 Å². The Hall–Kier alpha value is -0.970. The number of rotatable bonds is 2. The minimum atomic E-state index is -0.335. The maximum absolute atomic E-state index is 9.88. The molecule has 0 radical (unpaired) electrons. The summed E-state index contributed by atoms with van der Waals surface area (Å²) in [6.07, 6.45) is 5.57. The van der Waals surface area contributed by atoms with Gasteiger partial charge in [0.05, 0.1) is 0 Å². The number of terminal acetylenes is 1. The molecule has 0 fully saturated rings. The van der Waals surface area contributed by atoms with E-state index in [4.69, 9.17) is 12.2 Å². The molecule has 0 aromatic heterocycles. The summed E-state index contributed by atoms with van der Waals surface area (Å²) in [5.41, 5.74) is 4.74. The fourth-order valence-electron chi connectivity index (χ4n) is 0.195. The zero-order valence-corrected chi connectivity index (χ0v) is 3.98. The van der Waals surface area contributed by atoms with E-state index in [1.54, 1.807) is 0 Å². The van der Waals surface area contributed by atoms with Gasteiger partial charge in [-0.05, 0) is 0 Å². The number of hydrogen-bond acceptors (Lipinski definition) is 1. The van der Waals surface area contributed by atoms with Crippen LogP contribution in [0.3, 0.4) is 0 Å².